The van der Waals surface area contributed by atoms with Crippen LogP contribution in [0.2, 0.25) is 0 Å². The lowest BCUT2D eigenvalue weighted by Gasteiger charge is -2.09. The van der Waals surface area contributed by atoms with E-state index < -0.39 is 26.5 Å². The van der Waals surface area contributed by atoms with Crippen molar-refractivity contribution in [3.8, 4) is 11.5 Å². The summed E-state index contributed by atoms with van der Waals surface area (Å²) < 4.78 is 31.5. The van der Waals surface area contributed by atoms with Gasteiger partial charge in [-0.1, -0.05) is 0 Å². The first-order valence-electron chi connectivity index (χ1n) is 3.31. The van der Waals surface area contributed by atoms with Crippen LogP contribution in [0.15, 0.2) is 17.0 Å². The lowest BCUT2D eigenvalue weighted by atomic mass is 10.2. The van der Waals surface area contributed by atoms with E-state index in [-0.39, 0.29) is 5.56 Å². The van der Waals surface area contributed by atoms with E-state index in [2.05, 4.69) is 0 Å². The van der Waals surface area contributed by atoms with E-state index in [1.807, 2.05) is 0 Å². The molecule has 0 amide bonds. The summed E-state index contributed by atoms with van der Waals surface area (Å²) in [4.78, 5) is -0.555. The molecule has 0 bridgehead atoms. The SMILES string of the molecule is Cc1cc(S(=O)(=O)[O-])cc(O)c1O. The molecule has 6 heteroatoms. The number of phenols is 2. The van der Waals surface area contributed by atoms with Crippen molar-refractivity contribution in [1.82, 2.24) is 0 Å². The van der Waals surface area contributed by atoms with E-state index in [0.717, 1.165) is 6.07 Å². The van der Waals surface area contributed by atoms with Gasteiger partial charge < -0.3 is 14.8 Å². The van der Waals surface area contributed by atoms with Crippen LogP contribution in [-0.2, 0) is 10.1 Å². The average Bonchev–Trinajstić information content (AvgIpc) is 1.97. The molecule has 0 spiro atoms. The molecule has 0 aliphatic heterocycles. The molecule has 0 aliphatic rings. The Morgan fingerprint density at radius 2 is 1.85 bits per heavy atom. The Bertz CT molecular complexity index is 411. The molecule has 1 aromatic carbocycles. The van der Waals surface area contributed by atoms with E-state index in [1.165, 1.54) is 6.92 Å². The summed E-state index contributed by atoms with van der Waals surface area (Å²) in [6.07, 6.45) is 0. The Labute approximate surface area is 75.0 Å². The standard InChI is InChI=1S/C7H8O5S/c1-4-2-5(13(10,11)12)3-6(8)7(4)9/h2-3,8-9H,1H3,(H,10,11,12)/p-1. The number of benzene rings is 1. The predicted octanol–water partition coefficient (Wildman–Crippen LogP) is 0.310. The molecule has 1 aromatic rings. The Hall–Kier alpha value is -1.27. The minimum absolute atomic E-state index is 0.134. The summed E-state index contributed by atoms with van der Waals surface area (Å²) in [5.74, 6) is -1.04. The highest BCUT2D eigenvalue weighted by Gasteiger charge is 2.09. The minimum atomic E-state index is -4.59. The van der Waals surface area contributed by atoms with Crippen LogP contribution in [0, 0.1) is 6.92 Å². The van der Waals surface area contributed by atoms with Gasteiger partial charge in [0.05, 0.1) is 4.90 Å². The number of aromatic hydroxyl groups is 2. The van der Waals surface area contributed by atoms with Crippen molar-refractivity contribution < 1.29 is 23.2 Å². The van der Waals surface area contributed by atoms with Gasteiger partial charge >= 0.3 is 0 Å². The van der Waals surface area contributed by atoms with E-state index in [9.17, 15) is 13.0 Å². The molecule has 72 valence electrons. The van der Waals surface area contributed by atoms with Crippen LogP contribution in [0.4, 0.5) is 0 Å². The lowest BCUT2D eigenvalue weighted by molar-refractivity contribution is 0.398. The molecule has 5 nitrogen and oxygen atoms in total. The zero-order valence-corrected chi connectivity index (χ0v) is 7.50. The largest absolute Gasteiger partial charge is 0.744 e. The van der Waals surface area contributed by atoms with Crippen LogP contribution in [0.25, 0.3) is 0 Å². The molecule has 0 atom stereocenters. The fourth-order valence-electron chi connectivity index (χ4n) is 0.873. The summed E-state index contributed by atoms with van der Waals surface area (Å²) in [5.41, 5.74) is 0.134. The number of aryl methyl sites for hydroxylation is 1. The van der Waals surface area contributed by atoms with E-state index in [0.29, 0.717) is 6.07 Å². The molecule has 0 heterocycles. The molecule has 2 N–H and O–H groups in total. The van der Waals surface area contributed by atoms with Crippen molar-refractivity contribution in [2.24, 2.45) is 0 Å². The maximum atomic E-state index is 10.5. The summed E-state index contributed by atoms with van der Waals surface area (Å²) in [6, 6.07) is 1.71. The maximum Gasteiger partial charge on any atom is 0.160 e. The monoisotopic (exact) mass is 203 g/mol. The number of hydrogen-bond acceptors (Lipinski definition) is 5. The zero-order valence-electron chi connectivity index (χ0n) is 6.68. The molecule has 0 fully saturated rings. The summed E-state index contributed by atoms with van der Waals surface area (Å²) in [7, 11) is -4.59. The Morgan fingerprint density at radius 3 is 2.23 bits per heavy atom. The van der Waals surface area contributed by atoms with Crippen molar-refractivity contribution >= 4 is 10.1 Å². The lowest BCUT2D eigenvalue weighted by Crippen LogP contribution is -1.98. The van der Waals surface area contributed by atoms with Gasteiger partial charge in [-0.2, -0.15) is 0 Å². The number of hydrogen-bond donors (Lipinski definition) is 2. The molecule has 0 aliphatic carbocycles. The van der Waals surface area contributed by atoms with Gasteiger partial charge in [-0.25, -0.2) is 8.42 Å². The van der Waals surface area contributed by atoms with E-state index >= 15 is 0 Å². The Morgan fingerprint density at radius 1 is 1.31 bits per heavy atom. The third-order valence-electron chi connectivity index (χ3n) is 1.54. The van der Waals surface area contributed by atoms with E-state index in [1.54, 1.807) is 0 Å². The predicted molar refractivity (Wildman–Crippen MR) is 42.5 cm³/mol. The van der Waals surface area contributed by atoms with Crippen molar-refractivity contribution in [2.75, 3.05) is 0 Å². The van der Waals surface area contributed by atoms with Gasteiger partial charge in [0.15, 0.2) is 11.5 Å². The van der Waals surface area contributed by atoms with Gasteiger partial charge in [-0.05, 0) is 18.6 Å². The van der Waals surface area contributed by atoms with Crippen molar-refractivity contribution in [1.29, 1.82) is 0 Å². The minimum Gasteiger partial charge on any atom is -0.744 e. The van der Waals surface area contributed by atoms with Gasteiger partial charge in [-0.3, -0.25) is 0 Å². The van der Waals surface area contributed by atoms with Crippen LogP contribution in [-0.4, -0.2) is 23.2 Å². The fraction of sp³-hybridized carbons (Fsp3) is 0.143. The second-order valence-electron chi connectivity index (χ2n) is 2.56. The van der Waals surface area contributed by atoms with Gasteiger partial charge in [-0.15, -0.1) is 0 Å². The van der Waals surface area contributed by atoms with Gasteiger partial charge in [0.25, 0.3) is 0 Å². The van der Waals surface area contributed by atoms with Gasteiger partial charge in [0.1, 0.15) is 10.1 Å². The third-order valence-corrected chi connectivity index (χ3v) is 2.36. The highest BCUT2D eigenvalue weighted by Crippen LogP contribution is 2.31. The molecule has 0 unspecified atom stereocenters. The van der Waals surface area contributed by atoms with E-state index in [4.69, 9.17) is 10.2 Å². The first kappa shape index (κ1) is 9.82. The molecular formula is C7H7O5S-. The highest BCUT2D eigenvalue weighted by atomic mass is 32.2. The van der Waals surface area contributed by atoms with Crippen molar-refractivity contribution in [3.05, 3.63) is 17.7 Å². The maximum absolute atomic E-state index is 10.5. The van der Waals surface area contributed by atoms with Gasteiger partial charge in [0, 0.05) is 6.07 Å². The molecule has 0 radical (unpaired) electrons. The number of rotatable bonds is 1. The van der Waals surface area contributed by atoms with Crippen LogP contribution in [0.3, 0.4) is 0 Å². The molecular weight excluding hydrogens is 196 g/mol. The first-order valence-corrected chi connectivity index (χ1v) is 4.71. The molecule has 0 aromatic heterocycles. The Kier molecular flexibility index (Phi) is 2.19. The van der Waals surface area contributed by atoms with Crippen LogP contribution in [0.1, 0.15) is 5.56 Å². The summed E-state index contributed by atoms with van der Waals surface area (Å²) >= 11 is 0. The van der Waals surface area contributed by atoms with Crippen molar-refractivity contribution in [2.45, 2.75) is 11.8 Å². The van der Waals surface area contributed by atoms with Crippen LogP contribution >= 0.6 is 0 Å². The smallest absolute Gasteiger partial charge is 0.160 e. The first-order chi connectivity index (χ1) is 5.82. The highest BCUT2D eigenvalue weighted by molar-refractivity contribution is 7.85. The van der Waals surface area contributed by atoms with Crippen molar-refractivity contribution in [3.63, 3.8) is 0 Å². The third kappa shape index (κ3) is 1.90. The van der Waals surface area contributed by atoms with Gasteiger partial charge in [0.2, 0.25) is 0 Å². The van der Waals surface area contributed by atoms with Crippen LogP contribution < -0.4 is 0 Å². The molecule has 0 saturated carbocycles. The zero-order chi connectivity index (χ0) is 10.2. The fourth-order valence-corrected chi connectivity index (χ4v) is 1.45. The molecule has 1 rings (SSSR count). The van der Waals surface area contributed by atoms with Crippen LogP contribution in [0.5, 0.6) is 11.5 Å². The second-order valence-corrected chi connectivity index (χ2v) is 3.94. The summed E-state index contributed by atoms with van der Waals surface area (Å²) in [6.45, 7) is 1.38. The molecule has 13 heavy (non-hydrogen) atoms. The Balaban J connectivity index is 3.47. The number of phenolic OH excluding ortho intramolecular Hbond substituents is 2. The second kappa shape index (κ2) is 2.90. The quantitative estimate of drug-likeness (QED) is 0.505. The topological polar surface area (TPSA) is 97.7 Å². The normalized spacial score (nSPS) is 11.5. The average molecular weight is 203 g/mol. The molecule has 0 saturated heterocycles. The summed E-state index contributed by atoms with van der Waals surface area (Å²) in [5, 5.41) is 18.0.